The molecule has 4 nitrogen and oxygen atoms in total. The Morgan fingerprint density at radius 1 is 0.571 bits per heavy atom. The van der Waals surface area contributed by atoms with Crippen molar-refractivity contribution in [2.75, 3.05) is 0 Å². The lowest BCUT2D eigenvalue weighted by Crippen LogP contribution is -1.93. The topological polar surface area (TPSA) is 44.1 Å². The zero-order chi connectivity index (χ0) is 22.9. The van der Waals surface area contributed by atoms with Gasteiger partial charge in [0, 0.05) is 27.4 Å². The standard InChI is InChI=1S/C31H18N2O2/c1-2-8-19(9-3-1)31-32-24-15-16-26-29(30(24)35-31)22-11-4-6-12-25(22)33(26)20-14-17-28-23(18-20)21-10-5-7-13-27(21)34-28/h1-18H. The van der Waals surface area contributed by atoms with E-state index in [4.69, 9.17) is 13.8 Å². The van der Waals surface area contributed by atoms with E-state index in [1.807, 2.05) is 42.5 Å². The normalized spacial score (nSPS) is 12.0. The van der Waals surface area contributed by atoms with Gasteiger partial charge in [0.1, 0.15) is 16.7 Å². The molecule has 0 saturated heterocycles. The summed E-state index contributed by atoms with van der Waals surface area (Å²) in [4.78, 5) is 4.80. The van der Waals surface area contributed by atoms with Gasteiger partial charge < -0.3 is 13.4 Å². The van der Waals surface area contributed by atoms with Crippen LogP contribution in [0.15, 0.2) is 118 Å². The molecule has 5 aromatic carbocycles. The number of benzene rings is 5. The molecule has 8 aromatic rings. The molecule has 0 N–H and O–H groups in total. The van der Waals surface area contributed by atoms with Crippen LogP contribution in [0.3, 0.4) is 0 Å². The number of furan rings is 1. The summed E-state index contributed by atoms with van der Waals surface area (Å²) in [5.41, 5.74) is 7.72. The Kier molecular flexibility index (Phi) is 3.63. The fourth-order valence-corrected chi connectivity index (χ4v) is 5.27. The first-order valence-corrected chi connectivity index (χ1v) is 11.6. The van der Waals surface area contributed by atoms with E-state index in [9.17, 15) is 0 Å². The summed E-state index contributed by atoms with van der Waals surface area (Å²) in [5.74, 6) is 0.635. The molecule has 0 spiro atoms. The van der Waals surface area contributed by atoms with Crippen molar-refractivity contribution in [2.24, 2.45) is 0 Å². The third-order valence-electron chi connectivity index (χ3n) is 6.83. The van der Waals surface area contributed by atoms with Crippen LogP contribution < -0.4 is 0 Å². The Bertz CT molecular complexity index is 2060. The van der Waals surface area contributed by atoms with Crippen LogP contribution in [0.1, 0.15) is 0 Å². The summed E-state index contributed by atoms with van der Waals surface area (Å²) in [6, 6.07) is 37.3. The Morgan fingerprint density at radius 3 is 2.26 bits per heavy atom. The number of nitrogens with zero attached hydrogens (tertiary/aromatic N) is 2. The number of fused-ring (bicyclic) bond motifs is 8. The lowest BCUT2D eigenvalue weighted by atomic mass is 10.1. The summed E-state index contributed by atoms with van der Waals surface area (Å²) < 4.78 is 14.8. The molecule has 0 aliphatic heterocycles. The van der Waals surface area contributed by atoms with Gasteiger partial charge in [-0.25, -0.2) is 4.98 Å². The molecule has 0 radical (unpaired) electrons. The summed E-state index contributed by atoms with van der Waals surface area (Å²) >= 11 is 0. The molecule has 0 aliphatic rings. The second-order valence-corrected chi connectivity index (χ2v) is 8.82. The van der Waals surface area contributed by atoms with Crippen LogP contribution in [0.2, 0.25) is 0 Å². The van der Waals surface area contributed by atoms with Crippen molar-refractivity contribution in [3.8, 4) is 17.1 Å². The van der Waals surface area contributed by atoms with Gasteiger partial charge in [-0.2, -0.15) is 0 Å². The Hall–Kier alpha value is -4.83. The van der Waals surface area contributed by atoms with Gasteiger partial charge in [0.05, 0.1) is 16.4 Å². The number of rotatable bonds is 2. The molecule has 0 unspecified atom stereocenters. The molecular weight excluding hydrogens is 432 g/mol. The van der Waals surface area contributed by atoms with E-state index in [0.29, 0.717) is 5.89 Å². The van der Waals surface area contributed by atoms with E-state index in [-0.39, 0.29) is 0 Å². The summed E-state index contributed by atoms with van der Waals surface area (Å²) in [6.45, 7) is 0. The highest BCUT2D eigenvalue weighted by Gasteiger charge is 2.19. The smallest absolute Gasteiger partial charge is 0.227 e. The summed E-state index contributed by atoms with van der Waals surface area (Å²) in [5, 5.41) is 4.44. The second kappa shape index (κ2) is 6.84. The highest BCUT2D eigenvalue weighted by Crippen LogP contribution is 2.39. The summed E-state index contributed by atoms with van der Waals surface area (Å²) in [6.07, 6.45) is 0. The molecule has 0 aliphatic carbocycles. The maximum Gasteiger partial charge on any atom is 0.227 e. The second-order valence-electron chi connectivity index (χ2n) is 8.82. The quantitative estimate of drug-likeness (QED) is 0.265. The van der Waals surface area contributed by atoms with Crippen LogP contribution >= 0.6 is 0 Å². The summed E-state index contributed by atoms with van der Waals surface area (Å²) in [7, 11) is 0. The van der Waals surface area contributed by atoms with Gasteiger partial charge in [0.15, 0.2) is 5.58 Å². The van der Waals surface area contributed by atoms with Crippen molar-refractivity contribution in [1.82, 2.24) is 9.55 Å². The van der Waals surface area contributed by atoms with Gasteiger partial charge in [-0.05, 0) is 54.6 Å². The maximum absolute atomic E-state index is 6.40. The number of oxazole rings is 1. The fourth-order valence-electron chi connectivity index (χ4n) is 5.27. The van der Waals surface area contributed by atoms with Gasteiger partial charge in [-0.15, -0.1) is 0 Å². The lowest BCUT2D eigenvalue weighted by molar-refractivity contribution is 0.623. The van der Waals surface area contributed by atoms with E-state index < -0.39 is 0 Å². The van der Waals surface area contributed by atoms with Gasteiger partial charge in [0.25, 0.3) is 0 Å². The van der Waals surface area contributed by atoms with Crippen molar-refractivity contribution in [1.29, 1.82) is 0 Å². The number of para-hydroxylation sites is 2. The van der Waals surface area contributed by atoms with E-state index in [0.717, 1.165) is 66.1 Å². The van der Waals surface area contributed by atoms with E-state index >= 15 is 0 Å². The largest absolute Gasteiger partial charge is 0.456 e. The molecule has 0 atom stereocenters. The Morgan fingerprint density at radius 2 is 1.34 bits per heavy atom. The van der Waals surface area contributed by atoms with Crippen LogP contribution in [0, 0.1) is 0 Å². The highest BCUT2D eigenvalue weighted by atomic mass is 16.3. The molecule has 0 bridgehead atoms. The maximum atomic E-state index is 6.40. The zero-order valence-electron chi connectivity index (χ0n) is 18.6. The number of aromatic nitrogens is 2. The van der Waals surface area contributed by atoms with Crippen molar-refractivity contribution in [3.05, 3.63) is 109 Å². The number of hydrogen-bond donors (Lipinski definition) is 0. The Balaban J connectivity index is 1.46. The predicted octanol–water partition coefficient (Wildman–Crippen LogP) is 8.49. The van der Waals surface area contributed by atoms with Crippen LogP contribution in [-0.2, 0) is 0 Å². The van der Waals surface area contributed by atoms with Crippen molar-refractivity contribution in [2.45, 2.75) is 0 Å². The van der Waals surface area contributed by atoms with E-state index in [1.54, 1.807) is 0 Å². The van der Waals surface area contributed by atoms with E-state index in [1.165, 1.54) is 0 Å². The van der Waals surface area contributed by atoms with Gasteiger partial charge in [-0.1, -0.05) is 54.6 Å². The minimum atomic E-state index is 0.635. The molecule has 164 valence electrons. The first kappa shape index (κ1) is 18.6. The third-order valence-corrected chi connectivity index (χ3v) is 6.83. The van der Waals surface area contributed by atoms with Gasteiger partial charge >= 0.3 is 0 Å². The molecule has 3 heterocycles. The number of hydrogen-bond acceptors (Lipinski definition) is 3. The van der Waals surface area contributed by atoms with Crippen LogP contribution in [-0.4, -0.2) is 9.55 Å². The molecule has 0 fully saturated rings. The average molecular weight is 450 g/mol. The Labute approximate surface area is 199 Å². The molecule has 35 heavy (non-hydrogen) atoms. The van der Waals surface area contributed by atoms with E-state index in [2.05, 4.69) is 71.3 Å². The first-order chi connectivity index (χ1) is 17.3. The predicted molar refractivity (Wildman–Crippen MR) is 141 cm³/mol. The monoisotopic (exact) mass is 450 g/mol. The van der Waals surface area contributed by atoms with Crippen LogP contribution in [0.5, 0.6) is 0 Å². The minimum absolute atomic E-state index is 0.635. The zero-order valence-corrected chi connectivity index (χ0v) is 18.6. The lowest BCUT2D eigenvalue weighted by Gasteiger charge is -2.08. The van der Waals surface area contributed by atoms with Crippen molar-refractivity contribution >= 4 is 54.8 Å². The average Bonchev–Trinajstić information content (AvgIpc) is 3.60. The fraction of sp³-hybridized carbons (Fsp3) is 0. The van der Waals surface area contributed by atoms with Crippen LogP contribution in [0.4, 0.5) is 0 Å². The third kappa shape index (κ3) is 2.59. The van der Waals surface area contributed by atoms with Gasteiger partial charge in [0.2, 0.25) is 5.89 Å². The van der Waals surface area contributed by atoms with Gasteiger partial charge in [-0.3, -0.25) is 0 Å². The molecular formula is C31H18N2O2. The minimum Gasteiger partial charge on any atom is -0.456 e. The van der Waals surface area contributed by atoms with Crippen LogP contribution in [0.25, 0.3) is 72.0 Å². The van der Waals surface area contributed by atoms with Crippen molar-refractivity contribution < 1.29 is 8.83 Å². The molecule has 0 saturated carbocycles. The van der Waals surface area contributed by atoms with Crippen molar-refractivity contribution in [3.63, 3.8) is 0 Å². The molecule has 8 rings (SSSR count). The SMILES string of the molecule is c1ccc(-c2nc3ccc4c(c5ccccc5n4-c4ccc5oc6ccccc6c5c4)c3o2)cc1. The highest BCUT2D eigenvalue weighted by molar-refractivity contribution is 6.19. The molecule has 3 aromatic heterocycles. The molecule has 4 heteroatoms. The molecule has 0 amide bonds. The first-order valence-electron chi connectivity index (χ1n) is 11.6.